The number of hydrogen-bond donors (Lipinski definition) is 2. The SMILES string of the molecule is COc1nc(CN)cc(C(F)F)c1C(=O)O. The molecule has 0 bridgehead atoms. The lowest BCUT2D eigenvalue weighted by molar-refractivity contribution is 0.0679. The molecule has 0 aliphatic rings. The van der Waals surface area contributed by atoms with Crippen LogP contribution < -0.4 is 10.5 Å². The molecule has 0 unspecified atom stereocenters. The van der Waals surface area contributed by atoms with E-state index in [9.17, 15) is 13.6 Å². The van der Waals surface area contributed by atoms with Crippen molar-refractivity contribution in [3.63, 3.8) is 0 Å². The summed E-state index contributed by atoms with van der Waals surface area (Å²) in [5.41, 5.74) is 4.14. The second kappa shape index (κ2) is 4.84. The Kier molecular flexibility index (Phi) is 3.73. The van der Waals surface area contributed by atoms with Crippen LogP contribution in [0.5, 0.6) is 5.88 Å². The first-order valence-electron chi connectivity index (χ1n) is 4.30. The number of halogens is 2. The molecule has 1 rings (SSSR count). The summed E-state index contributed by atoms with van der Waals surface area (Å²) in [4.78, 5) is 14.5. The average molecular weight is 232 g/mol. The highest BCUT2D eigenvalue weighted by Crippen LogP contribution is 2.29. The van der Waals surface area contributed by atoms with Crippen LogP contribution in [0.4, 0.5) is 8.78 Å². The number of ether oxygens (including phenoxy) is 1. The minimum absolute atomic E-state index is 0.0734. The van der Waals surface area contributed by atoms with Gasteiger partial charge in [-0.2, -0.15) is 0 Å². The molecule has 0 atom stereocenters. The van der Waals surface area contributed by atoms with E-state index in [-0.39, 0.29) is 18.1 Å². The van der Waals surface area contributed by atoms with Crippen molar-refractivity contribution in [3.8, 4) is 5.88 Å². The molecule has 0 aliphatic heterocycles. The van der Waals surface area contributed by atoms with Crippen LogP contribution in [-0.2, 0) is 6.54 Å². The minimum Gasteiger partial charge on any atom is -0.480 e. The van der Waals surface area contributed by atoms with Crippen LogP contribution >= 0.6 is 0 Å². The maximum atomic E-state index is 12.6. The summed E-state index contributed by atoms with van der Waals surface area (Å²) in [7, 11) is 1.16. The first-order chi connectivity index (χ1) is 7.51. The maximum Gasteiger partial charge on any atom is 0.341 e. The van der Waals surface area contributed by atoms with E-state index in [0.29, 0.717) is 0 Å². The molecule has 0 saturated carbocycles. The van der Waals surface area contributed by atoms with Crippen LogP contribution in [-0.4, -0.2) is 23.2 Å². The van der Waals surface area contributed by atoms with Gasteiger partial charge in [0, 0.05) is 12.1 Å². The number of pyridine rings is 1. The van der Waals surface area contributed by atoms with Gasteiger partial charge in [0.15, 0.2) is 0 Å². The zero-order valence-electron chi connectivity index (χ0n) is 8.41. The summed E-state index contributed by atoms with van der Waals surface area (Å²) in [5.74, 6) is -1.87. The zero-order valence-corrected chi connectivity index (χ0v) is 8.41. The highest BCUT2D eigenvalue weighted by atomic mass is 19.3. The summed E-state index contributed by atoms with van der Waals surface area (Å²) in [5, 5.41) is 8.81. The van der Waals surface area contributed by atoms with Gasteiger partial charge in [-0.05, 0) is 6.07 Å². The Labute approximate surface area is 89.9 Å². The van der Waals surface area contributed by atoms with Crippen molar-refractivity contribution in [2.75, 3.05) is 7.11 Å². The summed E-state index contributed by atoms with van der Waals surface area (Å²) in [6.07, 6.45) is -2.92. The standard InChI is InChI=1S/C9H10F2N2O3/c1-16-8-6(9(14)15)5(7(10)11)2-4(3-12)13-8/h2,7H,3,12H2,1H3,(H,14,15). The fourth-order valence-electron chi connectivity index (χ4n) is 1.23. The number of carboxylic acid groups (broad SMARTS) is 1. The minimum atomic E-state index is -2.92. The summed E-state index contributed by atoms with van der Waals surface area (Å²) in [6.45, 7) is -0.0734. The first kappa shape index (κ1) is 12.3. The Morgan fingerprint density at radius 1 is 1.69 bits per heavy atom. The predicted octanol–water partition coefficient (Wildman–Crippen LogP) is 1.18. The van der Waals surface area contributed by atoms with Crippen LogP contribution in [0.3, 0.4) is 0 Å². The lowest BCUT2D eigenvalue weighted by Gasteiger charge is -2.11. The number of rotatable bonds is 4. The lowest BCUT2D eigenvalue weighted by Crippen LogP contribution is -2.11. The summed E-state index contributed by atoms with van der Waals surface area (Å²) >= 11 is 0. The van der Waals surface area contributed by atoms with E-state index in [1.54, 1.807) is 0 Å². The largest absolute Gasteiger partial charge is 0.480 e. The normalized spacial score (nSPS) is 10.6. The van der Waals surface area contributed by atoms with Crippen molar-refractivity contribution in [2.45, 2.75) is 13.0 Å². The van der Waals surface area contributed by atoms with Crippen molar-refractivity contribution in [1.29, 1.82) is 0 Å². The third kappa shape index (κ3) is 2.25. The van der Waals surface area contributed by atoms with Gasteiger partial charge in [-0.1, -0.05) is 0 Å². The Bertz CT molecular complexity index is 410. The molecule has 0 saturated heterocycles. The Hall–Kier alpha value is -1.76. The molecular formula is C9H10F2N2O3. The van der Waals surface area contributed by atoms with E-state index in [2.05, 4.69) is 9.72 Å². The van der Waals surface area contributed by atoms with Crippen molar-refractivity contribution in [2.24, 2.45) is 5.73 Å². The molecule has 0 amide bonds. The van der Waals surface area contributed by atoms with Crippen LogP contribution in [0.2, 0.25) is 0 Å². The number of carbonyl (C=O) groups is 1. The van der Waals surface area contributed by atoms with Crippen molar-refractivity contribution in [1.82, 2.24) is 4.98 Å². The van der Waals surface area contributed by atoms with Gasteiger partial charge in [-0.15, -0.1) is 0 Å². The van der Waals surface area contributed by atoms with E-state index < -0.39 is 23.5 Å². The quantitative estimate of drug-likeness (QED) is 0.814. The third-order valence-electron chi connectivity index (χ3n) is 1.92. The number of carboxylic acids is 1. The van der Waals surface area contributed by atoms with Crippen LogP contribution in [0.15, 0.2) is 6.07 Å². The molecule has 88 valence electrons. The van der Waals surface area contributed by atoms with Gasteiger partial charge in [0.2, 0.25) is 5.88 Å². The van der Waals surface area contributed by atoms with Crippen molar-refractivity contribution < 1.29 is 23.4 Å². The monoisotopic (exact) mass is 232 g/mol. The molecule has 0 aliphatic carbocycles. The van der Waals surface area contributed by atoms with Crippen LogP contribution in [0, 0.1) is 0 Å². The molecule has 0 radical (unpaired) electrons. The molecule has 1 heterocycles. The van der Waals surface area contributed by atoms with E-state index in [1.807, 2.05) is 0 Å². The van der Waals surface area contributed by atoms with E-state index in [0.717, 1.165) is 13.2 Å². The second-order valence-corrected chi connectivity index (χ2v) is 2.90. The molecule has 1 aromatic heterocycles. The maximum absolute atomic E-state index is 12.6. The summed E-state index contributed by atoms with van der Waals surface area (Å²) in [6, 6.07) is 0.969. The molecule has 0 spiro atoms. The second-order valence-electron chi connectivity index (χ2n) is 2.90. The molecule has 0 fully saturated rings. The van der Waals surface area contributed by atoms with Crippen LogP contribution in [0.25, 0.3) is 0 Å². The molecular weight excluding hydrogens is 222 g/mol. The predicted molar refractivity (Wildman–Crippen MR) is 50.6 cm³/mol. The first-order valence-corrected chi connectivity index (χ1v) is 4.30. The molecule has 3 N–H and O–H groups in total. The van der Waals surface area contributed by atoms with Gasteiger partial charge in [0.05, 0.1) is 12.8 Å². The number of nitrogens with zero attached hydrogens (tertiary/aromatic N) is 1. The molecule has 5 nitrogen and oxygen atoms in total. The lowest BCUT2D eigenvalue weighted by atomic mass is 10.1. The van der Waals surface area contributed by atoms with Gasteiger partial charge in [0.1, 0.15) is 5.56 Å². The fraction of sp³-hybridized carbons (Fsp3) is 0.333. The summed E-state index contributed by atoms with van der Waals surface area (Å²) < 4.78 is 29.9. The molecule has 16 heavy (non-hydrogen) atoms. The highest BCUT2D eigenvalue weighted by molar-refractivity contribution is 5.92. The Morgan fingerprint density at radius 2 is 2.31 bits per heavy atom. The smallest absolute Gasteiger partial charge is 0.341 e. The Morgan fingerprint density at radius 3 is 2.69 bits per heavy atom. The number of methoxy groups -OCH3 is 1. The number of nitrogens with two attached hydrogens (primary N) is 1. The van der Waals surface area contributed by atoms with E-state index in [4.69, 9.17) is 10.8 Å². The van der Waals surface area contributed by atoms with E-state index in [1.165, 1.54) is 0 Å². The number of aromatic nitrogens is 1. The van der Waals surface area contributed by atoms with Gasteiger partial charge in [-0.25, -0.2) is 18.6 Å². The van der Waals surface area contributed by atoms with Gasteiger partial charge in [0.25, 0.3) is 6.43 Å². The van der Waals surface area contributed by atoms with E-state index >= 15 is 0 Å². The van der Waals surface area contributed by atoms with Crippen LogP contribution in [0.1, 0.15) is 28.0 Å². The topological polar surface area (TPSA) is 85.4 Å². The molecule has 0 aromatic carbocycles. The van der Waals surface area contributed by atoms with Gasteiger partial charge >= 0.3 is 5.97 Å². The van der Waals surface area contributed by atoms with Gasteiger partial charge < -0.3 is 15.6 Å². The highest BCUT2D eigenvalue weighted by Gasteiger charge is 2.24. The number of aromatic carboxylic acids is 1. The third-order valence-corrected chi connectivity index (χ3v) is 1.92. The molecule has 7 heteroatoms. The fourth-order valence-corrected chi connectivity index (χ4v) is 1.23. The zero-order chi connectivity index (χ0) is 12.3. The van der Waals surface area contributed by atoms with Crippen molar-refractivity contribution in [3.05, 3.63) is 22.9 Å². The molecule has 1 aromatic rings. The average Bonchev–Trinajstić information content (AvgIpc) is 2.26. The number of hydrogen-bond acceptors (Lipinski definition) is 4. The number of alkyl halides is 2. The van der Waals surface area contributed by atoms with Crippen molar-refractivity contribution >= 4 is 5.97 Å². The van der Waals surface area contributed by atoms with Gasteiger partial charge in [-0.3, -0.25) is 0 Å². The Balaban J connectivity index is 3.47.